The van der Waals surface area contributed by atoms with Crippen LogP contribution < -0.4 is 10.1 Å². The van der Waals surface area contributed by atoms with E-state index in [-0.39, 0.29) is 12.1 Å². The van der Waals surface area contributed by atoms with Gasteiger partial charge in [-0.05, 0) is 25.3 Å². The Labute approximate surface area is 108 Å². The van der Waals surface area contributed by atoms with Crippen LogP contribution in [-0.4, -0.2) is 36.8 Å². The van der Waals surface area contributed by atoms with Gasteiger partial charge in [-0.25, -0.2) is 4.98 Å². The standard InChI is InChI=1S/C13H21N3O2/c1-4-14-10(12(17-2)9-5-6-9)11-13(18-3)16-8-7-15-11/h7-10,12,14H,4-6H2,1-3H3. The number of nitrogens with zero attached hydrogens (tertiary/aromatic N) is 2. The lowest BCUT2D eigenvalue weighted by atomic mass is 10.0. The fraction of sp³-hybridized carbons (Fsp3) is 0.692. The quantitative estimate of drug-likeness (QED) is 0.797. The van der Waals surface area contributed by atoms with Gasteiger partial charge >= 0.3 is 0 Å². The molecular formula is C13H21N3O2. The normalized spacial score (nSPS) is 18.4. The average molecular weight is 251 g/mol. The summed E-state index contributed by atoms with van der Waals surface area (Å²) in [4.78, 5) is 8.63. The van der Waals surface area contributed by atoms with Crippen LogP contribution in [0.25, 0.3) is 0 Å². The average Bonchev–Trinajstić information content (AvgIpc) is 3.23. The summed E-state index contributed by atoms with van der Waals surface area (Å²) < 4.78 is 11.0. The molecular weight excluding hydrogens is 230 g/mol. The Bertz CT molecular complexity index is 382. The highest BCUT2D eigenvalue weighted by molar-refractivity contribution is 5.23. The molecule has 0 amide bonds. The molecule has 1 aliphatic carbocycles. The molecule has 5 heteroatoms. The monoisotopic (exact) mass is 251 g/mol. The molecule has 1 N–H and O–H groups in total. The molecule has 1 aromatic heterocycles. The molecule has 18 heavy (non-hydrogen) atoms. The van der Waals surface area contributed by atoms with Crippen LogP contribution in [0.4, 0.5) is 0 Å². The van der Waals surface area contributed by atoms with Gasteiger partial charge in [0, 0.05) is 19.5 Å². The molecule has 1 aromatic rings. The van der Waals surface area contributed by atoms with Crippen LogP contribution in [0.2, 0.25) is 0 Å². The van der Waals surface area contributed by atoms with Crippen molar-refractivity contribution in [3.63, 3.8) is 0 Å². The van der Waals surface area contributed by atoms with Crippen molar-refractivity contribution < 1.29 is 9.47 Å². The molecule has 2 atom stereocenters. The second-order valence-electron chi connectivity index (χ2n) is 4.52. The zero-order chi connectivity index (χ0) is 13.0. The molecule has 0 spiro atoms. The highest BCUT2D eigenvalue weighted by Crippen LogP contribution is 2.40. The zero-order valence-corrected chi connectivity index (χ0v) is 11.2. The second kappa shape index (κ2) is 6.11. The van der Waals surface area contributed by atoms with Crippen LogP contribution in [0.1, 0.15) is 31.5 Å². The van der Waals surface area contributed by atoms with Gasteiger partial charge in [0.25, 0.3) is 0 Å². The molecule has 0 saturated heterocycles. The summed E-state index contributed by atoms with van der Waals surface area (Å²) in [6, 6.07) is 0.0381. The molecule has 1 heterocycles. The summed E-state index contributed by atoms with van der Waals surface area (Å²) in [5, 5.41) is 3.44. The lowest BCUT2D eigenvalue weighted by Crippen LogP contribution is -2.35. The minimum absolute atomic E-state index is 0.0381. The fourth-order valence-corrected chi connectivity index (χ4v) is 2.32. The summed E-state index contributed by atoms with van der Waals surface area (Å²) in [6.07, 6.45) is 5.92. The van der Waals surface area contributed by atoms with Crippen molar-refractivity contribution in [2.45, 2.75) is 31.9 Å². The number of ether oxygens (including phenoxy) is 2. The van der Waals surface area contributed by atoms with E-state index in [1.54, 1.807) is 26.6 Å². The van der Waals surface area contributed by atoms with Gasteiger partial charge in [-0.3, -0.25) is 4.98 Å². The van der Waals surface area contributed by atoms with Crippen molar-refractivity contribution in [1.29, 1.82) is 0 Å². The number of rotatable bonds is 7. The smallest absolute Gasteiger partial charge is 0.237 e. The Hall–Kier alpha value is -1.20. The summed E-state index contributed by atoms with van der Waals surface area (Å²) in [5.74, 6) is 1.19. The van der Waals surface area contributed by atoms with E-state index >= 15 is 0 Å². The molecule has 1 fully saturated rings. The van der Waals surface area contributed by atoms with Gasteiger partial charge in [-0.2, -0.15) is 0 Å². The van der Waals surface area contributed by atoms with Gasteiger partial charge in [0.1, 0.15) is 5.69 Å². The molecule has 1 saturated carbocycles. The molecule has 2 unspecified atom stereocenters. The van der Waals surface area contributed by atoms with Gasteiger partial charge in [0.2, 0.25) is 5.88 Å². The van der Waals surface area contributed by atoms with E-state index in [1.807, 2.05) is 0 Å². The largest absolute Gasteiger partial charge is 0.480 e. The maximum atomic E-state index is 5.66. The van der Waals surface area contributed by atoms with Crippen LogP contribution in [-0.2, 0) is 4.74 Å². The summed E-state index contributed by atoms with van der Waals surface area (Å²) in [5.41, 5.74) is 0.834. The number of likely N-dealkylation sites (N-methyl/N-ethyl adjacent to an activating group) is 1. The Balaban J connectivity index is 2.27. The van der Waals surface area contributed by atoms with Crippen molar-refractivity contribution in [3.8, 4) is 5.88 Å². The lowest BCUT2D eigenvalue weighted by Gasteiger charge is -2.26. The molecule has 5 nitrogen and oxygen atoms in total. The molecule has 1 aliphatic rings. The third kappa shape index (κ3) is 2.79. The second-order valence-corrected chi connectivity index (χ2v) is 4.52. The first-order valence-corrected chi connectivity index (χ1v) is 6.42. The van der Waals surface area contributed by atoms with Crippen LogP contribution in [0.5, 0.6) is 5.88 Å². The van der Waals surface area contributed by atoms with E-state index < -0.39 is 0 Å². The van der Waals surface area contributed by atoms with Crippen LogP contribution >= 0.6 is 0 Å². The topological polar surface area (TPSA) is 56.3 Å². The maximum Gasteiger partial charge on any atom is 0.237 e. The zero-order valence-electron chi connectivity index (χ0n) is 11.2. The van der Waals surface area contributed by atoms with Crippen molar-refractivity contribution in [2.24, 2.45) is 5.92 Å². The Morgan fingerprint density at radius 1 is 1.33 bits per heavy atom. The van der Waals surface area contributed by atoms with Crippen molar-refractivity contribution in [2.75, 3.05) is 20.8 Å². The van der Waals surface area contributed by atoms with E-state index in [1.165, 1.54) is 12.8 Å². The van der Waals surface area contributed by atoms with E-state index in [0.29, 0.717) is 11.8 Å². The predicted octanol–water partition coefficient (Wildman–Crippen LogP) is 1.56. The van der Waals surface area contributed by atoms with E-state index in [9.17, 15) is 0 Å². The summed E-state index contributed by atoms with van der Waals surface area (Å²) in [6.45, 7) is 2.94. The summed E-state index contributed by atoms with van der Waals surface area (Å²) >= 11 is 0. The Morgan fingerprint density at radius 3 is 2.61 bits per heavy atom. The van der Waals surface area contributed by atoms with Crippen molar-refractivity contribution >= 4 is 0 Å². The molecule has 0 bridgehead atoms. The van der Waals surface area contributed by atoms with Crippen molar-refractivity contribution in [3.05, 3.63) is 18.1 Å². The molecule has 0 radical (unpaired) electrons. The van der Waals surface area contributed by atoms with Crippen molar-refractivity contribution in [1.82, 2.24) is 15.3 Å². The highest BCUT2D eigenvalue weighted by Gasteiger charge is 2.39. The molecule has 100 valence electrons. The van der Waals surface area contributed by atoms with Crippen LogP contribution in [0.3, 0.4) is 0 Å². The first-order valence-electron chi connectivity index (χ1n) is 6.42. The van der Waals surface area contributed by atoms with E-state index in [0.717, 1.165) is 12.2 Å². The SMILES string of the molecule is CCNC(c1nccnc1OC)C(OC)C1CC1. The van der Waals surface area contributed by atoms with Crippen LogP contribution in [0, 0.1) is 5.92 Å². The third-order valence-electron chi connectivity index (χ3n) is 3.29. The van der Waals surface area contributed by atoms with Gasteiger partial charge in [0.05, 0.1) is 19.3 Å². The van der Waals surface area contributed by atoms with Gasteiger partial charge < -0.3 is 14.8 Å². The lowest BCUT2D eigenvalue weighted by molar-refractivity contribution is 0.0488. The number of hydrogen-bond donors (Lipinski definition) is 1. The van der Waals surface area contributed by atoms with Gasteiger partial charge in [-0.1, -0.05) is 6.92 Å². The Morgan fingerprint density at radius 2 is 2.06 bits per heavy atom. The summed E-state index contributed by atoms with van der Waals surface area (Å²) in [7, 11) is 3.38. The minimum atomic E-state index is 0.0381. The molecule has 0 aliphatic heterocycles. The van der Waals surface area contributed by atoms with Crippen LogP contribution in [0.15, 0.2) is 12.4 Å². The maximum absolute atomic E-state index is 5.66. The number of methoxy groups -OCH3 is 2. The first kappa shape index (κ1) is 13.2. The first-order chi connectivity index (χ1) is 8.81. The van der Waals surface area contributed by atoms with E-state index in [2.05, 4.69) is 22.2 Å². The molecule has 0 aromatic carbocycles. The minimum Gasteiger partial charge on any atom is -0.480 e. The Kier molecular flexibility index (Phi) is 4.49. The fourth-order valence-electron chi connectivity index (χ4n) is 2.32. The number of hydrogen-bond acceptors (Lipinski definition) is 5. The predicted molar refractivity (Wildman–Crippen MR) is 68.5 cm³/mol. The third-order valence-corrected chi connectivity index (χ3v) is 3.29. The number of aromatic nitrogens is 2. The van der Waals surface area contributed by atoms with Gasteiger partial charge in [0.15, 0.2) is 0 Å². The van der Waals surface area contributed by atoms with E-state index in [4.69, 9.17) is 9.47 Å². The van der Waals surface area contributed by atoms with Gasteiger partial charge in [-0.15, -0.1) is 0 Å². The highest BCUT2D eigenvalue weighted by atomic mass is 16.5. The number of nitrogens with one attached hydrogen (secondary N) is 1. The molecule has 2 rings (SSSR count).